The van der Waals surface area contributed by atoms with Crippen molar-refractivity contribution in [3.8, 4) is 0 Å². The second-order valence-electron chi connectivity index (χ2n) is 7.22. The molecule has 0 radical (unpaired) electrons. The Morgan fingerprint density at radius 2 is 1.07 bits per heavy atom. The van der Waals surface area contributed by atoms with Gasteiger partial charge in [-0.3, -0.25) is 9.59 Å². The van der Waals surface area contributed by atoms with E-state index in [4.69, 9.17) is 15.9 Å². The van der Waals surface area contributed by atoms with E-state index < -0.39 is 18.0 Å². The molecule has 0 aliphatic heterocycles. The summed E-state index contributed by atoms with van der Waals surface area (Å²) in [5.41, 5.74) is 4.94. The van der Waals surface area contributed by atoms with Crippen LogP contribution in [0.4, 0.5) is 0 Å². The molecule has 5 nitrogen and oxygen atoms in total. The molecular formula is C21H43NO4S. The number of thiol groups is 1. The number of aliphatic carboxylic acids is 2. The molecule has 27 heavy (non-hydrogen) atoms. The van der Waals surface area contributed by atoms with E-state index >= 15 is 0 Å². The molecule has 0 amide bonds. The van der Waals surface area contributed by atoms with E-state index in [1.165, 1.54) is 83.5 Å². The summed E-state index contributed by atoms with van der Waals surface area (Å²) in [6.45, 7) is 2.27. The van der Waals surface area contributed by atoms with Crippen molar-refractivity contribution in [2.75, 3.05) is 5.75 Å². The molecular weight excluding hydrogens is 362 g/mol. The summed E-state index contributed by atoms with van der Waals surface area (Å²) in [6.07, 6.45) is 20.2. The topological polar surface area (TPSA) is 101 Å². The van der Waals surface area contributed by atoms with Crippen LogP contribution in [0, 0.1) is 0 Å². The van der Waals surface area contributed by atoms with Gasteiger partial charge < -0.3 is 15.9 Å². The van der Waals surface area contributed by atoms with E-state index in [1.807, 2.05) is 0 Å². The number of nitrogens with two attached hydrogens (primary N) is 1. The summed E-state index contributed by atoms with van der Waals surface area (Å²) in [7, 11) is 0. The predicted molar refractivity (Wildman–Crippen MR) is 117 cm³/mol. The van der Waals surface area contributed by atoms with E-state index in [9.17, 15) is 9.59 Å². The van der Waals surface area contributed by atoms with Gasteiger partial charge in [-0.15, -0.1) is 0 Å². The molecule has 0 aromatic rings. The lowest BCUT2D eigenvalue weighted by Crippen LogP contribution is -2.31. The first-order valence-electron chi connectivity index (χ1n) is 10.8. The van der Waals surface area contributed by atoms with Crippen LogP contribution in [-0.4, -0.2) is 33.9 Å². The SMILES string of the molecule is CCCCCCCCCCCCCCCCCC(=O)O.NC(CS)C(=O)O. The van der Waals surface area contributed by atoms with Crippen molar-refractivity contribution in [2.45, 2.75) is 116 Å². The minimum atomic E-state index is -1.00. The van der Waals surface area contributed by atoms with Crippen LogP contribution in [0.5, 0.6) is 0 Å². The van der Waals surface area contributed by atoms with Crippen LogP contribution in [0.15, 0.2) is 0 Å². The normalized spacial score (nSPS) is 11.5. The predicted octanol–water partition coefficient (Wildman–Crippen LogP) is 5.66. The minimum absolute atomic E-state index is 0.190. The van der Waals surface area contributed by atoms with Crippen molar-refractivity contribution < 1.29 is 19.8 Å². The first kappa shape index (κ1) is 28.5. The second kappa shape index (κ2) is 23.3. The van der Waals surface area contributed by atoms with Gasteiger partial charge in [-0.05, 0) is 6.42 Å². The Bertz CT molecular complexity index is 340. The number of unbranched alkanes of at least 4 members (excludes halogenated alkanes) is 14. The molecule has 0 saturated carbocycles. The van der Waals surface area contributed by atoms with Gasteiger partial charge in [-0.25, -0.2) is 0 Å². The first-order chi connectivity index (χ1) is 13.0. The maximum absolute atomic E-state index is 10.3. The molecule has 0 aliphatic rings. The van der Waals surface area contributed by atoms with Crippen molar-refractivity contribution >= 4 is 24.6 Å². The van der Waals surface area contributed by atoms with Crippen molar-refractivity contribution in [2.24, 2.45) is 5.73 Å². The van der Waals surface area contributed by atoms with Gasteiger partial charge >= 0.3 is 11.9 Å². The Kier molecular flexibility index (Phi) is 24.5. The molecule has 0 saturated heterocycles. The Labute approximate surface area is 171 Å². The van der Waals surface area contributed by atoms with Crippen LogP contribution >= 0.6 is 12.6 Å². The van der Waals surface area contributed by atoms with Crippen molar-refractivity contribution in [1.82, 2.24) is 0 Å². The molecule has 6 heteroatoms. The van der Waals surface area contributed by atoms with Gasteiger partial charge in [0, 0.05) is 12.2 Å². The van der Waals surface area contributed by atoms with E-state index in [-0.39, 0.29) is 5.75 Å². The molecule has 0 aliphatic carbocycles. The lowest BCUT2D eigenvalue weighted by Gasteiger charge is -2.03. The molecule has 0 aromatic carbocycles. The summed E-state index contributed by atoms with van der Waals surface area (Å²) in [6, 6.07) is -0.816. The van der Waals surface area contributed by atoms with Gasteiger partial charge in [0.25, 0.3) is 0 Å². The van der Waals surface area contributed by atoms with Gasteiger partial charge in [-0.2, -0.15) is 12.6 Å². The van der Waals surface area contributed by atoms with Gasteiger partial charge in [0.2, 0.25) is 0 Å². The summed E-state index contributed by atoms with van der Waals surface area (Å²) >= 11 is 3.65. The third-order valence-corrected chi connectivity index (χ3v) is 4.90. The maximum atomic E-state index is 10.3. The van der Waals surface area contributed by atoms with Gasteiger partial charge in [0.05, 0.1) is 0 Å². The van der Waals surface area contributed by atoms with E-state index in [0.717, 1.165) is 12.8 Å². The average Bonchev–Trinajstić information content (AvgIpc) is 2.64. The number of carboxylic acid groups (broad SMARTS) is 2. The fourth-order valence-corrected chi connectivity index (χ4v) is 2.88. The van der Waals surface area contributed by atoms with Crippen molar-refractivity contribution in [3.63, 3.8) is 0 Å². The molecule has 0 aromatic heterocycles. The molecule has 4 N–H and O–H groups in total. The molecule has 0 heterocycles. The Morgan fingerprint density at radius 3 is 1.30 bits per heavy atom. The number of hydrogen-bond acceptors (Lipinski definition) is 4. The summed E-state index contributed by atoms with van der Waals surface area (Å²) < 4.78 is 0. The van der Waals surface area contributed by atoms with Crippen LogP contribution in [-0.2, 0) is 9.59 Å². The standard InChI is InChI=1S/C18H36O2.C3H7NO2S/c1-2-3-4-5-6-7-8-9-10-11-12-13-14-15-16-17-18(19)20;4-2(1-7)3(5)6/h2-17H2,1H3,(H,19,20);2,7H,1,4H2,(H,5,6). The van der Waals surface area contributed by atoms with Crippen molar-refractivity contribution in [3.05, 3.63) is 0 Å². The number of hydrogen-bond donors (Lipinski definition) is 4. The highest BCUT2D eigenvalue weighted by molar-refractivity contribution is 7.80. The lowest BCUT2D eigenvalue weighted by atomic mass is 10.0. The summed E-state index contributed by atoms with van der Waals surface area (Å²) in [5.74, 6) is -1.47. The zero-order valence-electron chi connectivity index (χ0n) is 17.3. The highest BCUT2D eigenvalue weighted by Gasteiger charge is 2.06. The van der Waals surface area contributed by atoms with E-state index in [1.54, 1.807) is 0 Å². The lowest BCUT2D eigenvalue weighted by molar-refractivity contribution is -0.138. The molecule has 0 rings (SSSR count). The Balaban J connectivity index is 0. The highest BCUT2D eigenvalue weighted by atomic mass is 32.1. The average molecular weight is 406 g/mol. The molecule has 0 fully saturated rings. The first-order valence-corrected chi connectivity index (χ1v) is 11.4. The van der Waals surface area contributed by atoms with Gasteiger partial charge in [0.15, 0.2) is 0 Å². The van der Waals surface area contributed by atoms with Gasteiger partial charge in [-0.1, -0.05) is 96.8 Å². The zero-order valence-corrected chi connectivity index (χ0v) is 18.2. The fourth-order valence-electron chi connectivity index (χ4n) is 2.73. The molecule has 0 bridgehead atoms. The third kappa shape index (κ3) is 27.6. The van der Waals surface area contributed by atoms with Gasteiger partial charge in [0.1, 0.15) is 6.04 Å². The maximum Gasteiger partial charge on any atom is 0.321 e. The molecule has 1 unspecified atom stereocenters. The second-order valence-corrected chi connectivity index (χ2v) is 7.59. The van der Waals surface area contributed by atoms with E-state index in [0.29, 0.717) is 6.42 Å². The quantitative estimate of drug-likeness (QED) is 0.174. The van der Waals surface area contributed by atoms with E-state index in [2.05, 4.69) is 19.6 Å². The number of rotatable bonds is 18. The van der Waals surface area contributed by atoms with Crippen LogP contribution in [0.3, 0.4) is 0 Å². The Morgan fingerprint density at radius 1 is 0.741 bits per heavy atom. The molecule has 0 spiro atoms. The summed E-state index contributed by atoms with van der Waals surface area (Å²) in [4.78, 5) is 20.1. The van der Waals surface area contributed by atoms with Crippen LogP contribution in [0.2, 0.25) is 0 Å². The number of carboxylic acids is 2. The molecule has 162 valence electrons. The fraction of sp³-hybridized carbons (Fsp3) is 0.905. The largest absolute Gasteiger partial charge is 0.481 e. The number of carbonyl (C=O) groups is 2. The molecule has 1 atom stereocenters. The smallest absolute Gasteiger partial charge is 0.321 e. The van der Waals surface area contributed by atoms with Crippen LogP contribution in [0.25, 0.3) is 0 Å². The van der Waals surface area contributed by atoms with Crippen molar-refractivity contribution in [1.29, 1.82) is 0 Å². The Hall–Kier alpha value is -0.750. The zero-order chi connectivity index (χ0) is 20.8. The van der Waals surface area contributed by atoms with Crippen LogP contribution < -0.4 is 5.73 Å². The summed E-state index contributed by atoms with van der Waals surface area (Å²) in [5, 5.41) is 16.5. The third-order valence-electron chi connectivity index (χ3n) is 4.51. The monoisotopic (exact) mass is 405 g/mol. The minimum Gasteiger partial charge on any atom is -0.481 e. The van der Waals surface area contributed by atoms with Crippen LogP contribution in [0.1, 0.15) is 110 Å². The highest BCUT2D eigenvalue weighted by Crippen LogP contribution is 2.13.